The van der Waals surface area contributed by atoms with Crippen molar-refractivity contribution in [2.24, 2.45) is 16.2 Å². The number of carbonyl (C=O) groups is 2. The van der Waals surface area contributed by atoms with Crippen molar-refractivity contribution in [3.63, 3.8) is 0 Å². The van der Waals surface area contributed by atoms with Gasteiger partial charge in [-0.1, -0.05) is 26.8 Å². The second kappa shape index (κ2) is 4.63. The smallest absolute Gasteiger partial charge is 0.271 e. The predicted molar refractivity (Wildman–Crippen MR) is 84.9 cm³/mol. The van der Waals surface area contributed by atoms with Gasteiger partial charge in [0.05, 0.1) is 10.3 Å². The van der Waals surface area contributed by atoms with E-state index in [9.17, 15) is 19.7 Å². The summed E-state index contributed by atoms with van der Waals surface area (Å²) in [5.41, 5.74) is -1.31. The Morgan fingerprint density at radius 1 is 1.26 bits per heavy atom. The highest BCUT2D eigenvalue weighted by molar-refractivity contribution is 6.04. The molecule has 1 amide bonds. The van der Waals surface area contributed by atoms with Gasteiger partial charge in [0.25, 0.3) is 5.69 Å². The number of ketones is 1. The van der Waals surface area contributed by atoms with Crippen LogP contribution in [0.3, 0.4) is 0 Å². The first-order valence-electron chi connectivity index (χ1n) is 7.73. The number of anilines is 1. The van der Waals surface area contributed by atoms with Crippen molar-refractivity contribution >= 4 is 23.1 Å². The zero-order valence-electron chi connectivity index (χ0n) is 13.5. The van der Waals surface area contributed by atoms with Gasteiger partial charge in [-0.05, 0) is 24.3 Å². The lowest BCUT2D eigenvalue weighted by Gasteiger charge is -2.38. The first-order valence-corrected chi connectivity index (χ1v) is 7.73. The molecule has 1 aromatic carbocycles. The predicted octanol–water partition coefficient (Wildman–Crippen LogP) is 3.32. The number of nitrogens with zero attached hydrogens (tertiary/aromatic N) is 1. The number of Topliss-reactive ketones (excluding diaryl/α,β-unsaturated/α-hetero) is 1. The lowest BCUT2D eigenvalue weighted by molar-refractivity contribution is -0.384. The SMILES string of the molecule is CC1(C)[C@]2(C(=O)Nc3cccc([N+](=O)[O-])c3)CC[C@@]1(C)C(=O)C2. The Kier molecular flexibility index (Phi) is 3.15. The maximum absolute atomic E-state index is 12.9. The number of nitrogens with one attached hydrogen (secondary N) is 1. The number of nitro groups is 1. The first kappa shape index (κ1) is 15.6. The monoisotopic (exact) mass is 316 g/mol. The standard InChI is InChI=1S/C17H20N2O4/c1-15(2)16(3)7-8-17(15,10-13(16)20)14(21)18-11-5-4-6-12(9-11)19(22)23/h4-6,9H,7-8,10H2,1-3H3,(H,18,21)/t16-,17+/m0/s1. The molecule has 0 aliphatic heterocycles. The Bertz CT molecular complexity index is 727. The van der Waals surface area contributed by atoms with Gasteiger partial charge in [-0.3, -0.25) is 19.7 Å². The number of fused-ring (bicyclic) bond motifs is 2. The number of carbonyl (C=O) groups excluding carboxylic acids is 2. The number of benzene rings is 1. The average Bonchev–Trinajstić information content (AvgIpc) is 2.78. The van der Waals surface area contributed by atoms with Crippen molar-refractivity contribution in [2.75, 3.05) is 5.32 Å². The molecule has 0 saturated heterocycles. The highest BCUT2D eigenvalue weighted by Crippen LogP contribution is 2.70. The molecule has 1 aromatic rings. The molecule has 6 nitrogen and oxygen atoms in total. The zero-order valence-corrected chi connectivity index (χ0v) is 13.5. The fourth-order valence-electron chi connectivity index (χ4n) is 4.31. The van der Waals surface area contributed by atoms with Gasteiger partial charge >= 0.3 is 0 Å². The topological polar surface area (TPSA) is 89.3 Å². The number of hydrogen-bond acceptors (Lipinski definition) is 4. The van der Waals surface area contributed by atoms with Crippen LogP contribution in [-0.2, 0) is 9.59 Å². The summed E-state index contributed by atoms with van der Waals surface area (Å²) in [6.45, 7) is 5.92. The van der Waals surface area contributed by atoms with E-state index in [0.29, 0.717) is 18.5 Å². The molecule has 2 saturated carbocycles. The van der Waals surface area contributed by atoms with Crippen LogP contribution in [0.4, 0.5) is 11.4 Å². The molecular formula is C17H20N2O4. The minimum absolute atomic E-state index is 0.0710. The van der Waals surface area contributed by atoms with Crippen LogP contribution in [-0.4, -0.2) is 16.6 Å². The summed E-state index contributed by atoms with van der Waals surface area (Å²) >= 11 is 0. The first-order chi connectivity index (χ1) is 10.6. The third kappa shape index (κ3) is 1.87. The van der Waals surface area contributed by atoms with Crippen LogP contribution >= 0.6 is 0 Å². The average molecular weight is 316 g/mol. The van der Waals surface area contributed by atoms with Gasteiger partial charge in [0.15, 0.2) is 0 Å². The minimum atomic E-state index is -0.733. The van der Waals surface area contributed by atoms with Gasteiger partial charge < -0.3 is 5.32 Å². The van der Waals surface area contributed by atoms with E-state index in [-0.39, 0.29) is 23.8 Å². The molecule has 2 atom stereocenters. The molecule has 1 N–H and O–H groups in total. The van der Waals surface area contributed by atoms with Crippen LogP contribution in [0.25, 0.3) is 0 Å². The third-order valence-electron chi connectivity index (χ3n) is 6.45. The molecule has 0 spiro atoms. The van der Waals surface area contributed by atoms with Crippen LogP contribution in [0.1, 0.15) is 40.0 Å². The summed E-state index contributed by atoms with van der Waals surface area (Å²) in [7, 11) is 0. The second-order valence-corrected chi connectivity index (χ2v) is 7.40. The van der Waals surface area contributed by atoms with E-state index >= 15 is 0 Å². The van der Waals surface area contributed by atoms with E-state index in [1.807, 2.05) is 20.8 Å². The molecule has 0 radical (unpaired) electrons. The summed E-state index contributed by atoms with van der Waals surface area (Å²) in [5.74, 6) is -0.0690. The highest BCUT2D eigenvalue weighted by atomic mass is 16.6. The molecule has 2 fully saturated rings. The molecule has 0 heterocycles. The Morgan fingerprint density at radius 3 is 2.48 bits per heavy atom. The van der Waals surface area contributed by atoms with Gasteiger partial charge in [-0.25, -0.2) is 0 Å². The summed E-state index contributed by atoms with van der Waals surface area (Å²) in [4.78, 5) is 35.7. The van der Waals surface area contributed by atoms with Crippen molar-refractivity contribution < 1.29 is 14.5 Å². The van der Waals surface area contributed by atoms with Crippen LogP contribution in [0.2, 0.25) is 0 Å². The maximum atomic E-state index is 12.9. The van der Waals surface area contributed by atoms with Crippen LogP contribution in [0.15, 0.2) is 24.3 Å². The van der Waals surface area contributed by atoms with Crippen molar-refractivity contribution in [1.29, 1.82) is 0 Å². The van der Waals surface area contributed by atoms with E-state index in [2.05, 4.69) is 5.32 Å². The summed E-state index contributed by atoms with van der Waals surface area (Å²) in [5, 5.41) is 13.7. The van der Waals surface area contributed by atoms with Crippen molar-refractivity contribution in [1.82, 2.24) is 0 Å². The fraction of sp³-hybridized carbons (Fsp3) is 0.529. The van der Waals surface area contributed by atoms with E-state index in [1.54, 1.807) is 6.07 Å². The highest BCUT2D eigenvalue weighted by Gasteiger charge is 2.72. The molecule has 3 rings (SSSR count). The lowest BCUT2D eigenvalue weighted by Crippen LogP contribution is -2.43. The number of rotatable bonds is 3. The van der Waals surface area contributed by atoms with Gasteiger partial charge in [0.1, 0.15) is 5.78 Å². The Morgan fingerprint density at radius 2 is 1.96 bits per heavy atom. The number of amides is 1. The molecule has 0 aromatic heterocycles. The Hall–Kier alpha value is -2.24. The molecule has 23 heavy (non-hydrogen) atoms. The zero-order chi connectivity index (χ0) is 17.0. The number of nitro benzene ring substituents is 1. The fourth-order valence-corrected chi connectivity index (χ4v) is 4.31. The van der Waals surface area contributed by atoms with E-state index < -0.39 is 21.2 Å². The molecule has 0 unspecified atom stereocenters. The molecule has 6 heteroatoms. The summed E-state index contributed by atoms with van der Waals surface area (Å²) in [6.07, 6.45) is 1.63. The van der Waals surface area contributed by atoms with Crippen molar-refractivity contribution in [3.05, 3.63) is 34.4 Å². The van der Waals surface area contributed by atoms with Gasteiger partial charge in [0, 0.05) is 29.7 Å². The quantitative estimate of drug-likeness (QED) is 0.684. The Labute approximate surface area is 134 Å². The van der Waals surface area contributed by atoms with Gasteiger partial charge in [0.2, 0.25) is 5.91 Å². The largest absolute Gasteiger partial charge is 0.325 e. The minimum Gasteiger partial charge on any atom is -0.325 e. The van der Waals surface area contributed by atoms with E-state index in [1.165, 1.54) is 18.2 Å². The van der Waals surface area contributed by atoms with Crippen molar-refractivity contribution in [3.8, 4) is 0 Å². The van der Waals surface area contributed by atoms with Crippen LogP contribution in [0.5, 0.6) is 0 Å². The molecule has 2 bridgehead atoms. The summed E-state index contributed by atoms with van der Waals surface area (Å²) in [6, 6.07) is 5.88. The maximum Gasteiger partial charge on any atom is 0.271 e. The van der Waals surface area contributed by atoms with E-state index in [4.69, 9.17) is 0 Å². The summed E-state index contributed by atoms with van der Waals surface area (Å²) < 4.78 is 0. The number of non-ortho nitro benzene ring substituents is 1. The molecule has 2 aliphatic carbocycles. The third-order valence-corrected chi connectivity index (χ3v) is 6.45. The van der Waals surface area contributed by atoms with Gasteiger partial charge in [-0.15, -0.1) is 0 Å². The molecular weight excluding hydrogens is 296 g/mol. The van der Waals surface area contributed by atoms with Crippen LogP contribution in [0, 0.1) is 26.4 Å². The normalized spacial score (nSPS) is 31.2. The van der Waals surface area contributed by atoms with Crippen molar-refractivity contribution in [2.45, 2.75) is 40.0 Å². The van der Waals surface area contributed by atoms with Crippen LogP contribution < -0.4 is 5.32 Å². The molecule has 122 valence electrons. The lowest BCUT2D eigenvalue weighted by atomic mass is 9.64. The van der Waals surface area contributed by atoms with Gasteiger partial charge in [-0.2, -0.15) is 0 Å². The number of hydrogen-bond donors (Lipinski definition) is 1. The van der Waals surface area contributed by atoms with E-state index in [0.717, 1.165) is 0 Å². The second-order valence-electron chi connectivity index (χ2n) is 7.40. The molecule has 2 aliphatic rings. The Balaban J connectivity index is 1.91.